The SMILES string of the molecule is CC(C)NCC(=O)NCc1ccc2c(c1)CCO2. The normalized spacial score (nSPS) is 13.3. The molecule has 0 saturated heterocycles. The van der Waals surface area contributed by atoms with Gasteiger partial charge in [0.2, 0.25) is 5.91 Å². The van der Waals surface area contributed by atoms with Crippen LogP contribution < -0.4 is 15.4 Å². The van der Waals surface area contributed by atoms with E-state index in [9.17, 15) is 4.79 Å². The van der Waals surface area contributed by atoms with Crippen molar-refractivity contribution in [1.29, 1.82) is 0 Å². The van der Waals surface area contributed by atoms with Crippen molar-refractivity contribution in [3.05, 3.63) is 29.3 Å². The number of benzene rings is 1. The monoisotopic (exact) mass is 248 g/mol. The fraction of sp³-hybridized carbons (Fsp3) is 0.500. The molecule has 1 heterocycles. The summed E-state index contributed by atoms with van der Waals surface area (Å²) in [4.78, 5) is 11.6. The number of amides is 1. The molecule has 0 unspecified atom stereocenters. The molecule has 0 fully saturated rings. The Hall–Kier alpha value is -1.55. The zero-order chi connectivity index (χ0) is 13.0. The van der Waals surface area contributed by atoms with Crippen molar-refractivity contribution in [3.63, 3.8) is 0 Å². The van der Waals surface area contributed by atoms with Crippen LogP contribution in [0, 0.1) is 0 Å². The molecule has 1 aliphatic rings. The Balaban J connectivity index is 1.81. The molecule has 0 aliphatic carbocycles. The Morgan fingerprint density at radius 3 is 3.06 bits per heavy atom. The molecule has 0 radical (unpaired) electrons. The number of fused-ring (bicyclic) bond motifs is 1. The maximum Gasteiger partial charge on any atom is 0.234 e. The van der Waals surface area contributed by atoms with Crippen LogP contribution in [-0.2, 0) is 17.8 Å². The van der Waals surface area contributed by atoms with E-state index >= 15 is 0 Å². The van der Waals surface area contributed by atoms with Crippen LogP contribution >= 0.6 is 0 Å². The third-order valence-electron chi connectivity index (χ3n) is 2.91. The lowest BCUT2D eigenvalue weighted by molar-refractivity contribution is -0.120. The molecule has 98 valence electrons. The van der Waals surface area contributed by atoms with Crippen molar-refractivity contribution < 1.29 is 9.53 Å². The summed E-state index contributed by atoms with van der Waals surface area (Å²) in [6.07, 6.45) is 0.964. The number of carbonyl (C=O) groups is 1. The second kappa shape index (κ2) is 5.87. The zero-order valence-electron chi connectivity index (χ0n) is 11.0. The van der Waals surface area contributed by atoms with Crippen molar-refractivity contribution in [1.82, 2.24) is 10.6 Å². The minimum atomic E-state index is 0.0282. The van der Waals surface area contributed by atoms with E-state index in [0.717, 1.165) is 24.3 Å². The highest BCUT2D eigenvalue weighted by Gasteiger charge is 2.12. The summed E-state index contributed by atoms with van der Waals surface area (Å²) < 4.78 is 5.45. The molecule has 1 aromatic rings. The second-order valence-electron chi connectivity index (χ2n) is 4.85. The van der Waals surface area contributed by atoms with Crippen molar-refractivity contribution in [2.24, 2.45) is 0 Å². The fourth-order valence-electron chi connectivity index (χ4n) is 1.91. The van der Waals surface area contributed by atoms with Crippen LogP contribution in [0.3, 0.4) is 0 Å². The minimum absolute atomic E-state index is 0.0282. The predicted molar refractivity (Wildman–Crippen MR) is 70.6 cm³/mol. The number of hydrogen-bond donors (Lipinski definition) is 2. The van der Waals surface area contributed by atoms with E-state index in [0.29, 0.717) is 19.1 Å². The van der Waals surface area contributed by atoms with Gasteiger partial charge in [0.15, 0.2) is 0 Å². The molecule has 1 amide bonds. The first-order valence-electron chi connectivity index (χ1n) is 6.40. The smallest absolute Gasteiger partial charge is 0.234 e. The van der Waals surface area contributed by atoms with Gasteiger partial charge in [-0.15, -0.1) is 0 Å². The molecule has 18 heavy (non-hydrogen) atoms. The molecule has 1 aromatic carbocycles. The Morgan fingerprint density at radius 2 is 2.28 bits per heavy atom. The van der Waals surface area contributed by atoms with E-state index in [1.807, 2.05) is 26.0 Å². The van der Waals surface area contributed by atoms with Gasteiger partial charge in [-0.25, -0.2) is 0 Å². The molecule has 0 spiro atoms. The first-order chi connectivity index (χ1) is 8.65. The molecule has 4 heteroatoms. The van der Waals surface area contributed by atoms with Crippen molar-refractivity contribution in [2.75, 3.05) is 13.2 Å². The van der Waals surface area contributed by atoms with Crippen LogP contribution in [0.5, 0.6) is 5.75 Å². The van der Waals surface area contributed by atoms with Crippen LogP contribution in [0.2, 0.25) is 0 Å². The van der Waals surface area contributed by atoms with E-state index in [1.54, 1.807) is 0 Å². The Labute approximate surface area is 108 Å². The quantitative estimate of drug-likeness (QED) is 0.824. The van der Waals surface area contributed by atoms with Gasteiger partial charge >= 0.3 is 0 Å². The predicted octanol–water partition coefficient (Wildman–Crippen LogP) is 1.24. The third-order valence-corrected chi connectivity index (χ3v) is 2.91. The molecule has 0 bridgehead atoms. The van der Waals surface area contributed by atoms with E-state index in [1.165, 1.54) is 5.56 Å². The maximum absolute atomic E-state index is 11.6. The summed E-state index contributed by atoms with van der Waals surface area (Å²) in [7, 11) is 0. The highest BCUT2D eigenvalue weighted by Crippen LogP contribution is 2.25. The first-order valence-corrected chi connectivity index (χ1v) is 6.40. The van der Waals surface area contributed by atoms with Gasteiger partial charge in [0.1, 0.15) is 5.75 Å². The summed E-state index contributed by atoms with van der Waals surface area (Å²) in [6.45, 7) is 5.75. The van der Waals surface area contributed by atoms with Crippen LogP contribution in [0.15, 0.2) is 18.2 Å². The molecule has 0 saturated carbocycles. The van der Waals surface area contributed by atoms with Gasteiger partial charge in [0.05, 0.1) is 13.2 Å². The molecule has 2 rings (SSSR count). The molecular weight excluding hydrogens is 228 g/mol. The van der Waals surface area contributed by atoms with E-state index in [2.05, 4.69) is 16.7 Å². The average Bonchev–Trinajstić information content (AvgIpc) is 2.81. The molecule has 4 nitrogen and oxygen atoms in total. The summed E-state index contributed by atoms with van der Waals surface area (Å²) in [6, 6.07) is 6.42. The number of ether oxygens (including phenoxy) is 1. The molecular formula is C14H20N2O2. The first kappa shape index (κ1) is 12.9. The highest BCUT2D eigenvalue weighted by molar-refractivity contribution is 5.78. The topological polar surface area (TPSA) is 50.4 Å². The van der Waals surface area contributed by atoms with Gasteiger partial charge in [-0.2, -0.15) is 0 Å². The number of carbonyl (C=O) groups excluding carboxylic acids is 1. The van der Waals surface area contributed by atoms with Gasteiger partial charge in [0.25, 0.3) is 0 Å². The fourth-order valence-corrected chi connectivity index (χ4v) is 1.91. The van der Waals surface area contributed by atoms with Gasteiger partial charge in [0, 0.05) is 19.0 Å². The van der Waals surface area contributed by atoms with Crippen molar-refractivity contribution in [2.45, 2.75) is 32.9 Å². The Morgan fingerprint density at radius 1 is 1.44 bits per heavy atom. The highest BCUT2D eigenvalue weighted by atomic mass is 16.5. The second-order valence-corrected chi connectivity index (χ2v) is 4.85. The van der Waals surface area contributed by atoms with Gasteiger partial charge < -0.3 is 15.4 Å². The number of nitrogens with one attached hydrogen (secondary N) is 2. The lowest BCUT2D eigenvalue weighted by atomic mass is 10.1. The summed E-state index contributed by atoms with van der Waals surface area (Å²) >= 11 is 0. The van der Waals surface area contributed by atoms with Gasteiger partial charge in [-0.1, -0.05) is 26.0 Å². The van der Waals surface area contributed by atoms with Crippen molar-refractivity contribution >= 4 is 5.91 Å². The summed E-state index contributed by atoms with van der Waals surface area (Å²) in [5.41, 5.74) is 2.36. The standard InChI is InChI=1S/C14H20N2O2/c1-10(2)15-9-14(17)16-8-11-3-4-13-12(7-11)5-6-18-13/h3-4,7,10,15H,5-6,8-9H2,1-2H3,(H,16,17). The van der Waals surface area contributed by atoms with Crippen LogP contribution in [0.4, 0.5) is 0 Å². The summed E-state index contributed by atoms with van der Waals surface area (Å²) in [5.74, 6) is 1.01. The lowest BCUT2D eigenvalue weighted by Gasteiger charge is -2.09. The van der Waals surface area contributed by atoms with Crippen LogP contribution in [0.25, 0.3) is 0 Å². The van der Waals surface area contributed by atoms with Crippen molar-refractivity contribution in [3.8, 4) is 5.75 Å². The maximum atomic E-state index is 11.6. The third kappa shape index (κ3) is 3.47. The Bertz CT molecular complexity index is 430. The zero-order valence-corrected chi connectivity index (χ0v) is 11.0. The van der Waals surface area contributed by atoms with E-state index in [-0.39, 0.29) is 5.91 Å². The largest absolute Gasteiger partial charge is 0.493 e. The molecule has 0 aromatic heterocycles. The lowest BCUT2D eigenvalue weighted by Crippen LogP contribution is -2.36. The number of hydrogen-bond acceptors (Lipinski definition) is 3. The van der Waals surface area contributed by atoms with E-state index in [4.69, 9.17) is 4.74 Å². The van der Waals surface area contributed by atoms with E-state index < -0.39 is 0 Å². The van der Waals surface area contributed by atoms with Gasteiger partial charge in [-0.3, -0.25) is 4.79 Å². The molecule has 1 aliphatic heterocycles. The molecule has 0 atom stereocenters. The Kier molecular flexibility index (Phi) is 4.20. The van der Waals surface area contributed by atoms with Crippen LogP contribution in [0.1, 0.15) is 25.0 Å². The molecule has 2 N–H and O–H groups in total. The van der Waals surface area contributed by atoms with Crippen LogP contribution in [-0.4, -0.2) is 25.1 Å². The average molecular weight is 248 g/mol. The number of rotatable bonds is 5. The van der Waals surface area contributed by atoms with Gasteiger partial charge in [-0.05, 0) is 17.2 Å². The minimum Gasteiger partial charge on any atom is -0.493 e. The summed E-state index contributed by atoms with van der Waals surface area (Å²) in [5, 5.41) is 5.99.